The van der Waals surface area contributed by atoms with Crippen molar-refractivity contribution in [1.82, 2.24) is 9.78 Å². The number of nitrogens with zero attached hydrogens (tertiary/aromatic N) is 2. The summed E-state index contributed by atoms with van der Waals surface area (Å²) in [5.74, 6) is -0.356. The second kappa shape index (κ2) is 5.12. The van der Waals surface area contributed by atoms with Crippen molar-refractivity contribution in [3.05, 3.63) is 17.0 Å². The predicted octanol–water partition coefficient (Wildman–Crippen LogP) is 0.470. The first-order valence-corrected chi connectivity index (χ1v) is 5.38. The van der Waals surface area contributed by atoms with Crippen molar-refractivity contribution < 1.29 is 9.53 Å². The molecule has 5 nitrogen and oxygen atoms in total. The summed E-state index contributed by atoms with van der Waals surface area (Å²) in [6, 6.07) is -0.610. The molecule has 1 rings (SSSR count). The topological polar surface area (TPSA) is 70.1 Å². The summed E-state index contributed by atoms with van der Waals surface area (Å²) in [6.45, 7) is 6.01. The van der Waals surface area contributed by atoms with Gasteiger partial charge in [-0.2, -0.15) is 5.10 Å². The molecule has 16 heavy (non-hydrogen) atoms. The van der Waals surface area contributed by atoms with Gasteiger partial charge < -0.3 is 10.5 Å². The Morgan fingerprint density at radius 2 is 2.19 bits per heavy atom. The molecule has 1 aromatic heterocycles. The molecule has 5 heteroatoms. The molecule has 1 unspecified atom stereocenters. The number of aryl methyl sites for hydroxylation is 2. The number of rotatable bonds is 4. The zero-order valence-corrected chi connectivity index (χ0v) is 10.3. The first-order chi connectivity index (χ1) is 7.47. The fourth-order valence-electron chi connectivity index (χ4n) is 1.67. The molecule has 0 aliphatic rings. The second-order valence-electron chi connectivity index (χ2n) is 3.84. The molecular formula is C11H19N3O2. The number of aromatic nitrogens is 2. The third-order valence-electron chi connectivity index (χ3n) is 2.67. The molecule has 0 amide bonds. The number of nitrogens with two attached hydrogens (primary N) is 1. The standard InChI is InChI=1S/C11H19N3O2/c1-5-16-11(15)10(12)6-9-7(2)13-14(4)8(9)3/h10H,5-6,12H2,1-4H3. The molecule has 0 aromatic carbocycles. The van der Waals surface area contributed by atoms with Gasteiger partial charge in [0.25, 0.3) is 0 Å². The molecule has 1 aromatic rings. The summed E-state index contributed by atoms with van der Waals surface area (Å²) in [5.41, 5.74) is 8.76. The van der Waals surface area contributed by atoms with E-state index in [0.29, 0.717) is 13.0 Å². The zero-order valence-electron chi connectivity index (χ0n) is 10.3. The Morgan fingerprint density at radius 3 is 2.62 bits per heavy atom. The summed E-state index contributed by atoms with van der Waals surface area (Å²) in [7, 11) is 1.88. The van der Waals surface area contributed by atoms with E-state index in [1.54, 1.807) is 11.6 Å². The molecule has 90 valence electrons. The molecule has 0 aliphatic heterocycles. The van der Waals surface area contributed by atoms with Crippen molar-refractivity contribution in [3.8, 4) is 0 Å². The number of ether oxygens (including phenoxy) is 1. The van der Waals surface area contributed by atoms with Gasteiger partial charge in [-0.05, 0) is 26.3 Å². The lowest BCUT2D eigenvalue weighted by Gasteiger charge is -2.10. The van der Waals surface area contributed by atoms with Crippen molar-refractivity contribution in [1.29, 1.82) is 0 Å². The number of hydrogen-bond acceptors (Lipinski definition) is 4. The van der Waals surface area contributed by atoms with Crippen LogP contribution in [0.5, 0.6) is 0 Å². The van der Waals surface area contributed by atoms with Gasteiger partial charge in [-0.3, -0.25) is 9.48 Å². The van der Waals surface area contributed by atoms with Gasteiger partial charge in [-0.1, -0.05) is 0 Å². The maximum Gasteiger partial charge on any atom is 0.323 e. The fourth-order valence-corrected chi connectivity index (χ4v) is 1.67. The Morgan fingerprint density at radius 1 is 1.56 bits per heavy atom. The smallest absolute Gasteiger partial charge is 0.323 e. The molecule has 0 saturated heterocycles. The third kappa shape index (κ3) is 2.61. The Bertz CT molecular complexity index is 385. The Balaban J connectivity index is 2.76. The van der Waals surface area contributed by atoms with Crippen molar-refractivity contribution in [2.24, 2.45) is 12.8 Å². The highest BCUT2D eigenvalue weighted by atomic mass is 16.5. The fraction of sp³-hybridized carbons (Fsp3) is 0.636. The van der Waals surface area contributed by atoms with E-state index in [1.165, 1.54) is 0 Å². The first-order valence-electron chi connectivity index (χ1n) is 5.38. The molecule has 2 N–H and O–H groups in total. The lowest BCUT2D eigenvalue weighted by molar-refractivity contribution is -0.144. The summed E-state index contributed by atoms with van der Waals surface area (Å²) in [5, 5.41) is 4.28. The number of carbonyl (C=O) groups excluding carboxylic acids is 1. The number of hydrogen-bond donors (Lipinski definition) is 1. The molecule has 0 fully saturated rings. The van der Waals surface area contributed by atoms with Gasteiger partial charge in [0.05, 0.1) is 12.3 Å². The van der Waals surface area contributed by atoms with E-state index in [1.807, 2.05) is 20.9 Å². The van der Waals surface area contributed by atoms with E-state index in [9.17, 15) is 4.79 Å². The van der Waals surface area contributed by atoms with Gasteiger partial charge in [-0.25, -0.2) is 0 Å². The van der Waals surface area contributed by atoms with Crippen molar-refractivity contribution >= 4 is 5.97 Å². The highest BCUT2D eigenvalue weighted by Crippen LogP contribution is 2.13. The van der Waals surface area contributed by atoms with E-state index < -0.39 is 6.04 Å². The van der Waals surface area contributed by atoms with Crippen LogP contribution in [0.2, 0.25) is 0 Å². The summed E-state index contributed by atoms with van der Waals surface area (Å²) >= 11 is 0. The van der Waals surface area contributed by atoms with Crippen molar-refractivity contribution in [2.75, 3.05) is 6.61 Å². The quantitative estimate of drug-likeness (QED) is 0.756. The lowest BCUT2D eigenvalue weighted by Crippen LogP contribution is -2.34. The third-order valence-corrected chi connectivity index (χ3v) is 2.67. The van der Waals surface area contributed by atoms with Crippen LogP contribution in [0.1, 0.15) is 23.9 Å². The van der Waals surface area contributed by atoms with Gasteiger partial charge >= 0.3 is 5.97 Å². The average Bonchev–Trinajstić information content (AvgIpc) is 2.45. The first kappa shape index (κ1) is 12.7. The van der Waals surface area contributed by atoms with Gasteiger partial charge in [0.15, 0.2) is 0 Å². The number of esters is 1. The van der Waals surface area contributed by atoms with E-state index in [2.05, 4.69) is 5.10 Å². The Hall–Kier alpha value is -1.36. The highest BCUT2D eigenvalue weighted by molar-refractivity contribution is 5.76. The van der Waals surface area contributed by atoms with Crippen molar-refractivity contribution in [2.45, 2.75) is 33.2 Å². The van der Waals surface area contributed by atoms with Crippen LogP contribution in [0, 0.1) is 13.8 Å². The maximum atomic E-state index is 11.4. The summed E-state index contributed by atoms with van der Waals surface area (Å²) < 4.78 is 6.67. The molecule has 0 saturated carbocycles. The molecule has 0 aliphatic carbocycles. The van der Waals surface area contributed by atoms with Gasteiger partial charge in [0, 0.05) is 19.2 Å². The largest absolute Gasteiger partial charge is 0.465 e. The van der Waals surface area contributed by atoms with Gasteiger partial charge in [0.1, 0.15) is 6.04 Å². The van der Waals surface area contributed by atoms with Crippen LogP contribution >= 0.6 is 0 Å². The molecule has 1 heterocycles. The minimum atomic E-state index is -0.610. The van der Waals surface area contributed by atoms with Crippen LogP contribution in [-0.4, -0.2) is 28.4 Å². The van der Waals surface area contributed by atoms with E-state index in [4.69, 9.17) is 10.5 Å². The van der Waals surface area contributed by atoms with Crippen LogP contribution in [-0.2, 0) is 23.0 Å². The van der Waals surface area contributed by atoms with Crippen molar-refractivity contribution in [3.63, 3.8) is 0 Å². The minimum absolute atomic E-state index is 0.356. The van der Waals surface area contributed by atoms with Crippen LogP contribution < -0.4 is 5.73 Å². The van der Waals surface area contributed by atoms with Crippen LogP contribution in [0.25, 0.3) is 0 Å². The molecular weight excluding hydrogens is 206 g/mol. The Labute approximate surface area is 95.6 Å². The molecule has 0 bridgehead atoms. The van der Waals surface area contributed by atoms with E-state index in [-0.39, 0.29) is 5.97 Å². The van der Waals surface area contributed by atoms with Gasteiger partial charge in [0.2, 0.25) is 0 Å². The molecule has 0 spiro atoms. The predicted molar refractivity (Wildman–Crippen MR) is 61.0 cm³/mol. The Kier molecular flexibility index (Phi) is 4.06. The maximum absolute atomic E-state index is 11.4. The molecule has 0 radical (unpaired) electrons. The van der Waals surface area contributed by atoms with Crippen LogP contribution in [0.15, 0.2) is 0 Å². The lowest BCUT2D eigenvalue weighted by atomic mass is 10.1. The monoisotopic (exact) mass is 225 g/mol. The SMILES string of the molecule is CCOC(=O)C(N)Cc1c(C)nn(C)c1C. The zero-order chi connectivity index (χ0) is 12.3. The van der Waals surface area contributed by atoms with Crippen LogP contribution in [0.3, 0.4) is 0 Å². The average molecular weight is 225 g/mol. The van der Waals surface area contributed by atoms with Gasteiger partial charge in [-0.15, -0.1) is 0 Å². The van der Waals surface area contributed by atoms with E-state index >= 15 is 0 Å². The summed E-state index contributed by atoms with van der Waals surface area (Å²) in [4.78, 5) is 11.4. The molecule has 1 atom stereocenters. The minimum Gasteiger partial charge on any atom is -0.465 e. The summed E-state index contributed by atoms with van der Waals surface area (Å²) in [6.07, 6.45) is 0.477. The second-order valence-corrected chi connectivity index (χ2v) is 3.84. The highest BCUT2D eigenvalue weighted by Gasteiger charge is 2.19. The van der Waals surface area contributed by atoms with E-state index in [0.717, 1.165) is 17.0 Å². The normalized spacial score (nSPS) is 12.6. The number of carbonyl (C=O) groups is 1. The van der Waals surface area contributed by atoms with Crippen LogP contribution in [0.4, 0.5) is 0 Å².